The summed E-state index contributed by atoms with van der Waals surface area (Å²) in [4.78, 5) is 11.3. The number of nitrogens with one attached hydrogen (secondary N) is 2. The Balaban J connectivity index is 3.05. The molecule has 1 aromatic heterocycles. The lowest BCUT2D eigenvalue weighted by Crippen LogP contribution is -2.37. The van der Waals surface area contributed by atoms with Gasteiger partial charge in [0.2, 0.25) is 0 Å². The van der Waals surface area contributed by atoms with Crippen molar-refractivity contribution in [1.29, 1.82) is 0 Å². The number of hydrogen-bond acceptors (Lipinski definition) is 6. The maximum atomic E-state index is 5.53. The van der Waals surface area contributed by atoms with Crippen molar-refractivity contribution in [3.05, 3.63) is 11.9 Å². The van der Waals surface area contributed by atoms with E-state index in [0.29, 0.717) is 17.8 Å². The van der Waals surface area contributed by atoms with E-state index in [9.17, 15) is 0 Å². The van der Waals surface area contributed by atoms with Gasteiger partial charge in [-0.2, -0.15) is 0 Å². The van der Waals surface area contributed by atoms with Crippen LogP contribution in [-0.4, -0.2) is 41.5 Å². The molecule has 0 radical (unpaired) electrons. The molecule has 6 heteroatoms. The molecule has 1 unspecified atom stereocenters. The van der Waals surface area contributed by atoms with E-state index in [1.54, 1.807) is 0 Å². The van der Waals surface area contributed by atoms with Crippen molar-refractivity contribution in [1.82, 2.24) is 14.9 Å². The Morgan fingerprint density at radius 2 is 1.76 bits per heavy atom. The Labute approximate surface area is 128 Å². The van der Waals surface area contributed by atoms with E-state index in [0.717, 1.165) is 18.2 Å². The monoisotopic (exact) mass is 294 g/mol. The largest absolute Gasteiger partial charge is 0.366 e. The average molecular weight is 294 g/mol. The van der Waals surface area contributed by atoms with Gasteiger partial charge >= 0.3 is 0 Å². The van der Waals surface area contributed by atoms with Gasteiger partial charge in [-0.05, 0) is 20.0 Å². The number of nitrogens with zero attached hydrogens (tertiary/aromatic N) is 3. The van der Waals surface area contributed by atoms with E-state index < -0.39 is 0 Å². The molecular formula is C15H30N6. The number of aromatic nitrogens is 2. The highest BCUT2D eigenvalue weighted by Crippen LogP contribution is 2.23. The van der Waals surface area contributed by atoms with Crippen LogP contribution >= 0.6 is 0 Å². The van der Waals surface area contributed by atoms with E-state index in [-0.39, 0.29) is 5.41 Å². The van der Waals surface area contributed by atoms with Crippen molar-refractivity contribution in [2.75, 3.05) is 31.4 Å². The number of nitrogens with two attached hydrogens (primary N) is 1. The molecule has 1 rings (SSSR count). The minimum atomic E-state index is -0.127. The van der Waals surface area contributed by atoms with Gasteiger partial charge in [-0.1, -0.05) is 34.6 Å². The molecule has 0 fully saturated rings. The standard InChI is InChI=1S/C15H30N6/c1-10(2)11(9-21(6)7)17-12-8-13(20-16)19-14(18-12)15(3,4)5/h8,10-11H,9,16H2,1-7H3,(H2,17,18,19,20). The molecule has 0 aliphatic carbocycles. The Morgan fingerprint density at radius 1 is 1.19 bits per heavy atom. The van der Waals surface area contributed by atoms with Crippen LogP contribution in [0.1, 0.15) is 40.4 Å². The summed E-state index contributed by atoms with van der Waals surface area (Å²) >= 11 is 0. The highest BCUT2D eigenvalue weighted by molar-refractivity contribution is 5.48. The molecule has 1 atom stereocenters. The van der Waals surface area contributed by atoms with Gasteiger partial charge in [0.25, 0.3) is 0 Å². The fourth-order valence-corrected chi connectivity index (χ4v) is 1.94. The lowest BCUT2D eigenvalue weighted by atomic mass is 9.95. The van der Waals surface area contributed by atoms with Crippen molar-refractivity contribution in [3.63, 3.8) is 0 Å². The fraction of sp³-hybridized carbons (Fsp3) is 0.733. The van der Waals surface area contributed by atoms with Crippen molar-refractivity contribution in [2.45, 2.75) is 46.1 Å². The first kappa shape index (κ1) is 17.7. The molecule has 0 saturated carbocycles. The van der Waals surface area contributed by atoms with Gasteiger partial charge in [0.05, 0.1) is 0 Å². The minimum Gasteiger partial charge on any atom is -0.366 e. The number of nitrogen functional groups attached to an aromatic ring is 1. The van der Waals surface area contributed by atoms with Crippen LogP contribution in [0.25, 0.3) is 0 Å². The molecule has 1 heterocycles. The average Bonchev–Trinajstić information content (AvgIpc) is 2.35. The molecule has 120 valence electrons. The summed E-state index contributed by atoms with van der Waals surface area (Å²) in [6.07, 6.45) is 0. The lowest BCUT2D eigenvalue weighted by Gasteiger charge is -2.27. The molecule has 0 aromatic carbocycles. The molecule has 1 aromatic rings. The summed E-state index contributed by atoms with van der Waals surface area (Å²) in [5, 5.41) is 3.51. The van der Waals surface area contributed by atoms with E-state index in [1.165, 1.54) is 0 Å². The van der Waals surface area contributed by atoms with Crippen molar-refractivity contribution < 1.29 is 0 Å². The summed E-state index contributed by atoms with van der Waals surface area (Å²) in [5.41, 5.74) is 2.49. The first-order valence-corrected chi connectivity index (χ1v) is 7.41. The first-order valence-electron chi connectivity index (χ1n) is 7.41. The number of hydrogen-bond donors (Lipinski definition) is 3. The molecule has 21 heavy (non-hydrogen) atoms. The number of likely N-dealkylation sites (N-methyl/N-ethyl adjacent to an activating group) is 1. The Kier molecular flexibility index (Phi) is 5.92. The van der Waals surface area contributed by atoms with Gasteiger partial charge in [-0.25, -0.2) is 15.8 Å². The molecule has 0 spiro atoms. The van der Waals surface area contributed by atoms with Gasteiger partial charge < -0.3 is 15.6 Å². The van der Waals surface area contributed by atoms with Crippen LogP contribution in [0.5, 0.6) is 0 Å². The molecule has 0 amide bonds. The highest BCUT2D eigenvalue weighted by Gasteiger charge is 2.21. The summed E-state index contributed by atoms with van der Waals surface area (Å²) < 4.78 is 0. The predicted octanol–water partition coefficient (Wildman–Crippen LogP) is 2.06. The van der Waals surface area contributed by atoms with Crippen LogP contribution in [0.2, 0.25) is 0 Å². The van der Waals surface area contributed by atoms with Crippen LogP contribution in [0.15, 0.2) is 6.07 Å². The molecule has 0 aliphatic rings. The maximum absolute atomic E-state index is 5.53. The summed E-state index contributed by atoms with van der Waals surface area (Å²) in [7, 11) is 4.15. The maximum Gasteiger partial charge on any atom is 0.145 e. The molecule has 0 aliphatic heterocycles. The SMILES string of the molecule is CC(C)C(CN(C)C)Nc1cc(NN)nc(C(C)(C)C)n1. The minimum absolute atomic E-state index is 0.127. The smallest absolute Gasteiger partial charge is 0.145 e. The normalized spacial score (nSPS) is 13.6. The van der Waals surface area contributed by atoms with Crippen molar-refractivity contribution in [2.24, 2.45) is 11.8 Å². The van der Waals surface area contributed by atoms with Gasteiger partial charge in [0.15, 0.2) is 0 Å². The van der Waals surface area contributed by atoms with Crippen LogP contribution in [0.4, 0.5) is 11.6 Å². The highest BCUT2D eigenvalue weighted by atomic mass is 15.3. The third-order valence-corrected chi connectivity index (χ3v) is 3.24. The third-order valence-electron chi connectivity index (χ3n) is 3.24. The lowest BCUT2D eigenvalue weighted by molar-refractivity contribution is 0.344. The molecule has 0 bridgehead atoms. The molecule has 4 N–H and O–H groups in total. The Bertz CT molecular complexity index is 450. The van der Waals surface area contributed by atoms with Gasteiger partial charge in [0.1, 0.15) is 17.5 Å². The second-order valence-corrected chi connectivity index (χ2v) is 7.11. The quantitative estimate of drug-likeness (QED) is 0.550. The van der Waals surface area contributed by atoms with Crippen LogP contribution < -0.4 is 16.6 Å². The Morgan fingerprint density at radius 3 is 2.19 bits per heavy atom. The molecule has 6 nitrogen and oxygen atoms in total. The second-order valence-electron chi connectivity index (χ2n) is 7.11. The van der Waals surface area contributed by atoms with Gasteiger partial charge in [-0.3, -0.25) is 0 Å². The van der Waals surface area contributed by atoms with E-state index in [2.05, 4.69) is 74.3 Å². The second kappa shape index (κ2) is 7.04. The molecular weight excluding hydrogens is 264 g/mol. The number of rotatable bonds is 6. The summed E-state index contributed by atoms with van der Waals surface area (Å²) in [6, 6.07) is 2.16. The van der Waals surface area contributed by atoms with Gasteiger partial charge in [0, 0.05) is 24.1 Å². The van der Waals surface area contributed by atoms with Crippen LogP contribution in [-0.2, 0) is 5.41 Å². The Hall–Kier alpha value is -1.40. The fourth-order valence-electron chi connectivity index (χ4n) is 1.94. The van der Waals surface area contributed by atoms with Crippen LogP contribution in [0, 0.1) is 5.92 Å². The third kappa shape index (κ3) is 5.47. The van der Waals surface area contributed by atoms with Crippen molar-refractivity contribution in [3.8, 4) is 0 Å². The number of hydrazine groups is 1. The van der Waals surface area contributed by atoms with E-state index in [4.69, 9.17) is 5.84 Å². The first-order chi connectivity index (χ1) is 9.63. The predicted molar refractivity (Wildman–Crippen MR) is 89.3 cm³/mol. The zero-order chi connectivity index (χ0) is 16.2. The number of anilines is 2. The van der Waals surface area contributed by atoms with E-state index >= 15 is 0 Å². The zero-order valence-electron chi connectivity index (χ0n) is 14.4. The molecule has 0 saturated heterocycles. The van der Waals surface area contributed by atoms with Crippen LogP contribution in [0.3, 0.4) is 0 Å². The van der Waals surface area contributed by atoms with Crippen molar-refractivity contribution >= 4 is 11.6 Å². The summed E-state index contributed by atoms with van der Waals surface area (Å²) in [5.74, 6) is 8.23. The van der Waals surface area contributed by atoms with Gasteiger partial charge in [-0.15, -0.1) is 0 Å². The summed E-state index contributed by atoms with van der Waals surface area (Å²) in [6.45, 7) is 11.6. The zero-order valence-corrected chi connectivity index (χ0v) is 14.4. The van der Waals surface area contributed by atoms with E-state index in [1.807, 2.05) is 6.07 Å². The topological polar surface area (TPSA) is 79.1 Å².